The number of nitrogens with zero attached hydrogens (tertiary/aromatic N) is 1. The maximum Gasteiger partial charge on any atom is 0.181 e. The molecular formula is C15H12BrNO3. The van der Waals surface area contributed by atoms with Crippen molar-refractivity contribution in [3.8, 4) is 11.5 Å². The zero-order valence-electron chi connectivity index (χ0n) is 10.6. The van der Waals surface area contributed by atoms with Crippen LogP contribution in [-0.4, -0.2) is 24.0 Å². The first kappa shape index (κ1) is 13.1. The zero-order chi connectivity index (χ0) is 13.9. The van der Waals surface area contributed by atoms with Crippen LogP contribution in [0.1, 0.15) is 20.7 Å². The van der Waals surface area contributed by atoms with Crippen molar-refractivity contribution in [1.29, 1.82) is 0 Å². The van der Waals surface area contributed by atoms with E-state index < -0.39 is 4.83 Å². The van der Waals surface area contributed by atoms with E-state index in [1.807, 2.05) is 6.07 Å². The van der Waals surface area contributed by atoms with Crippen molar-refractivity contribution in [2.24, 2.45) is 0 Å². The third-order valence-corrected chi connectivity index (χ3v) is 3.98. The predicted octanol–water partition coefficient (Wildman–Crippen LogP) is 3.17. The van der Waals surface area contributed by atoms with Gasteiger partial charge in [-0.2, -0.15) is 0 Å². The molecule has 102 valence electrons. The molecule has 2 aromatic rings. The van der Waals surface area contributed by atoms with E-state index in [4.69, 9.17) is 9.47 Å². The molecule has 0 bridgehead atoms. The number of carbonyl (C=O) groups excluding carboxylic acids is 1. The second-order valence-electron chi connectivity index (χ2n) is 4.37. The van der Waals surface area contributed by atoms with Crippen LogP contribution >= 0.6 is 15.9 Å². The number of halogens is 1. The lowest BCUT2D eigenvalue weighted by molar-refractivity contribution is 0.0990. The number of benzene rings is 1. The Morgan fingerprint density at radius 2 is 2.00 bits per heavy atom. The van der Waals surface area contributed by atoms with Crippen molar-refractivity contribution < 1.29 is 14.3 Å². The number of aromatic nitrogens is 1. The minimum Gasteiger partial charge on any atom is -0.486 e. The van der Waals surface area contributed by atoms with Crippen LogP contribution in [0.25, 0.3) is 0 Å². The molecule has 0 amide bonds. The average Bonchev–Trinajstić information content (AvgIpc) is 2.54. The highest BCUT2D eigenvalue weighted by Gasteiger charge is 2.21. The Labute approximate surface area is 124 Å². The Kier molecular flexibility index (Phi) is 3.69. The molecule has 1 aromatic heterocycles. The number of Topliss-reactive ketones (excluding diaryl/α,β-unsaturated/α-hetero) is 1. The molecule has 0 N–H and O–H groups in total. The zero-order valence-corrected chi connectivity index (χ0v) is 12.2. The highest BCUT2D eigenvalue weighted by atomic mass is 79.9. The van der Waals surface area contributed by atoms with Gasteiger partial charge in [0.1, 0.15) is 18.0 Å². The van der Waals surface area contributed by atoms with Gasteiger partial charge in [0.05, 0.1) is 0 Å². The first-order valence-electron chi connectivity index (χ1n) is 6.23. The summed E-state index contributed by atoms with van der Waals surface area (Å²) < 4.78 is 10.9. The number of pyridine rings is 1. The van der Waals surface area contributed by atoms with Crippen LogP contribution < -0.4 is 9.47 Å². The lowest BCUT2D eigenvalue weighted by Gasteiger charge is -2.19. The molecule has 4 nitrogen and oxygen atoms in total. The average molecular weight is 334 g/mol. The van der Waals surface area contributed by atoms with Gasteiger partial charge in [-0.3, -0.25) is 9.78 Å². The molecule has 5 heteroatoms. The lowest BCUT2D eigenvalue weighted by Crippen LogP contribution is -2.16. The summed E-state index contributed by atoms with van der Waals surface area (Å²) in [5.74, 6) is 1.27. The molecule has 1 atom stereocenters. The smallest absolute Gasteiger partial charge is 0.181 e. The van der Waals surface area contributed by atoms with Gasteiger partial charge in [-0.15, -0.1) is 0 Å². The number of ketones is 1. The quantitative estimate of drug-likeness (QED) is 0.639. The summed E-state index contributed by atoms with van der Waals surface area (Å²) in [6, 6.07) is 8.91. The molecule has 20 heavy (non-hydrogen) atoms. The molecule has 0 spiro atoms. The van der Waals surface area contributed by atoms with Gasteiger partial charge in [0, 0.05) is 18.0 Å². The van der Waals surface area contributed by atoms with Crippen molar-refractivity contribution in [1.82, 2.24) is 4.98 Å². The molecule has 3 rings (SSSR count). The van der Waals surface area contributed by atoms with E-state index in [2.05, 4.69) is 20.9 Å². The molecule has 1 aromatic carbocycles. The summed E-state index contributed by atoms with van der Waals surface area (Å²) in [5, 5.41) is 0. The number of alkyl halides is 1. The monoisotopic (exact) mass is 333 g/mol. The standard InChI is InChI=1S/C15H12BrNO3/c16-14(11-2-1-5-17-9-11)15(18)10-3-4-12-13(8-10)20-7-6-19-12/h1-5,8-9,14H,6-7H2. The van der Waals surface area contributed by atoms with Gasteiger partial charge in [-0.25, -0.2) is 0 Å². The van der Waals surface area contributed by atoms with Crippen LogP contribution in [0.3, 0.4) is 0 Å². The minimum absolute atomic E-state index is 0.0324. The summed E-state index contributed by atoms with van der Waals surface area (Å²) >= 11 is 3.42. The highest BCUT2D eigenvalue weighted by molar-refractivity contribution is 9.09. The van der Waals surface area contributed by atoms with Gasteiger partial charge < -0.3 is 9.47 Å². The Bertz CT molecular complexity index is 630. The van der Waals surface area contributed by atoms with Gasteiger partial charge >= 0.3 is 0 Å². The van der Waals surface area contributed by atoms with Crippen molar-refractivity contribution in [2.75, 3.05) is 13.2 Å². The van der Waals surface area contributed by atoms with E-state index in [1.54, 1.807) is 36.7 Å². The Balaban J connectivity index is 1.87. The predicted molar refractivity (Wildman–Crippen MR) is 77.7 cm³/mol. The van der Waals surface area contributed by atoms with E-state index >= 15 is 0 Å². The number of hydrogen-bond acceptors (Lipinski definition) is 4. The van der Waals surface area contributed by atoms with Gasteiger partial charge in [0.15, 0.2) is 17.3 Å². The molecule has 0 saturated carbocycles. The summed E-state index contributed by atoms with van der Waals surface area (Å²) in [6.07, 6.45) is 3.35. The van der Waals surface area contributed by atoms with E-state index in [1.165, 1.54) is 0 Å². The number of carbonyl (C=O) groups is 1. The van der Waals surface area contributed by atoms with E-state index in [0.717, 1.165) is 5.56 Å². The second-order valence-corrected chi connectivity index (χ2v) is 5.29. The third kappa shape index (κ3) is 2.54. The molecule has 1 aliphatic rings. The van der Waals surface area contributed by atoms with E-state index in [0.29, 0.717) is 30.3 Å². The number of hydrogen-bond donors (Lipinski definition) is 0. The maximum atomic E-state index is 12.5. The van der Waals surface area contributed by atoms with Crippen LogP contribution in [0, 0.1) is 0 Å². The SMILES string of the molecule is O=C(c1ccc2c(c1)OCCO2)C(Br)c1cccnc1. The first-order chi connectivity index (χ1) is 9.75. The summed E-state index contributed by atoms with van der Waals surface area (Å²) in [6.45, 7) is 1.04. The largest absolute Gasteiger partial charge is 0.486 e. The third-order valence-electron chi connectivity index (χ3n) is 3.03. The molecule has 0 saturated heterocycles. The number of ether oxygens (including phenoxy) is 2. The molecule has 0 radical (unpaired) electrons. The van der Waals surface area contributed by atoms with E-state index in [9.17, 15) is 4.79 Å². The first-order valence-corrected chi connectivity index (χ1v) is 7.15. The normalized spacial score (nSPS) is 14.7. The molecule has 1 aliphatic heterocycles. The summed E-state index contributed by atoms with van der Waals surface area (Å²) in [5.41, 5.74) is 1.41. The van der Waals surface area contributed by atoms with Crippen LogP contribution in [0.15, 0.2) is 42.7 Å². The molecule has 0 fully saturated rings. The lowest BCUT2D eigenvalue weighted by atomic mass is 10.0. The second kappa shape index (κ2) is 5.63. The van der Waals surface area contributed by atoms with Crippen LogP contribution in [0.4, 0.5) is 0 Å². The maximum absolute atomic E-state index is 12.5. The molecule has 0 aliphatic carbocycles. The van der Waals surface area contributed by atoms with Crippen molar-refractivity contribution in [2.45, 2.75) is 4.83 Å². The van der Waals surface area contributed by atoms with Crippen LogP contribution in [-0.2, 0) is 0 Å². The number of fused-ring (bicyclic) bond motifs is 1. The van der Waals surface area contributed by atoms with Crippen LogP contribution in [0.5, 0.6) is 11.5 Å². The molecule has 1 unspecified atom stereocenters. The fourth-order valence-corrected chi connectivity index (χ4v) is 2.56. The Morgan fingerprint density at radius 1 is 1.20 bits per heavy atom. The highest BCUT2D eigenvalue weighted by Crippen LogP contribution is 2.33. The number of rotatable bonds is 3. The molecular weight excluding hydrogens is 322 g/mol. The van der Waals surface area contributed by atoms with E-state index in [-0.39, 0.29) is 5.78 Å². The minimum atomic E-state index is -0.418. The van der Waals surface area contributed by atoms with Gasteiger partial charge in [-0.05, 0) is 29.8 Å². The summed E-state index contributed by atoms with van der Waals surface area (Å²) in [7, 11) is 0. The van der Waals surface area contributed by atoms with Gasteiger partial charge in [0.2, 0.25) is 0 Å². The van der Waals surface area contributed by atoms with Crippen LogP contribution in [0.2, 0.25) is 0 Å². The Morgan fingerprint density at radius 3 is 2.75 bits per heavy atom. The Hall–Kier alpha value is -1.88. The van der Waals surface area contributed by atoms with Crippen molar-refractivity contribution >= 4 is 21.7 Å². The fraction of sp³-hybridized carbons (Fsp3) is 0.200. The van der Waals surface area contributed by atoms with Crippen molar-refractivity contribution in [3.63, 3.8) is 0 Å². The fourth-order valence-electron chi connectivity index (χ4n) is 2.02. The van der Waals surface area contributed by atoms with Crippen molar-refractivity contribution in [3.05, 3.63) is 53.9 Å². The summed E-state index contributed by atoms with van der Waals surface area (Å²) in [4.78, 5) is 16.1. The topological polar surface area (TPSA) is 48.4 Å². The van der Waals surface area contributed by atoms with Gasteiger partial charge in [-0.1, -0.05) is 22.0 Å². The molecule has 2 heterocycles. The van der Waals surface area contributed by atoms with Gasteiger partial charge in [0.25, 0.3) is 0 Å².